The smallest absolute Gasteiger partial charge is 0.246 e. The summed E-state index contributed by atoms with van der Waals surface area (Å²) in [5.74, 6) is -0.210. The van der Waals surface area contributed by atoms with Gasteiger partial charge in [0.25, 0.3) is 0 Å². The number of benzene rings is 4. The molecule has 4 heterocycles. The molecule has 16 nitrogen and oxygen atoms in total. The zero-order chi connectivity index (χ0) is 53.1. The van der Waals surface area contributed by atoms with Crippen LogP contribution in [0.5, 0.6) is 11.5 Å². The van der Waals surface area contributed by atoms with Gasteiger partial charge in [-0.3, -0.25) is 19.2 Å². The minimum atomic E-state index is -0.948. The fraction of sp³-hybridized carbons (Fsp3) is 0.379. The highest BCUT2D eigenvalue weighted by molar-refractivity contribution is 7.13. The van der Waals surface area contributed by atoms with Crippen LogP contribution in [0.1, 0.15) is 63.4 Å². The molecule has 4 aromatic carbocycles. The maximum atomic E-state index is 14.1. The van der Waals surface area contributed by atoms with Crippen molar-refractivity contribution in [2.24, 2.45) is 5.41 Å². The van der Waals surface area contributed by atoms with E-state index in [0.717, 1.165) is 66.6 Å². The van der Waals surface area contributed by atoms with Crippen molar-refractivity contribution in [1.82, 2.24) is 25.5 Å². The second-order valence-corrected chi connectivity index (χ2v) is 20.6. The Morgan fingerprint density at radius 1 is 0.813 bits per heavy atom. The minimum Gasteiger partial charge on any atom is -0.493 e. The molecule has 0 spiro atoms. The third-order valence-electron chi connectivity index (χ3n) is 13.2. The molecule has 0 aliphatic carbocycles. The van der Waals surface area contributed by atoms with Crippen LogP contribution in [0.2, 0.25) is 0 Å². The fourth-order valence-electron chi connectivity index (χ4n) is 9.26. The van der Waals surface area contributed by atoms with Crippen LogP contribution in [0.3, 0.4) is 0 Å². The Bertz CT molecular complexity index is 2940. The van der Waals surface area contributed by atoms with Gasteiger partial charge in [0.15, 0.2) is 11.5 Å². The number of anilines is 1. The normalized spacial score (nSPS) is 16.0. The summed E-state index contributed by atoms with van der Waals surface area (Å²) in [7, 11) is 1.59. The standard InChI is InChI=1S/C58H66N6O10S/c1-36(38-16-18-40(19-17-38)54-37(2)59-35-75-54)60-56(68)48-31-42(65)34-64(48)57(69)55(58(3,4)5)63-51(66)22-23-71-24-25-72-26-27-73-28-29-74-49-21-20-41(30-50(49)70-6)44-32-47(39-12-8-7-9-13-39)62-53-43-14-10-11-15-46(43)61-52(67)33-45(44)53/h7-21,30,32,35-36,42,48,55,65H,22-29,31,33-34H2,1-6H3,(H,60,68)(H,61,67)(H,63,66)/t36-,42+,48-,55+/m0/s1. The number of fused-ring (bicyclic) bond motifs is 3. The molecule has 0 bridgehead atoms. The first-order chi connectivity index (χ1) is 36.2. The molecular formula is C58H66N6O10S. The number of aryl methyl sites for hydroxylation is 1. The summed E-state index contributed by atoms with van der Waals surface area (Å²) in [4.78, 5) is 66.0. The highest BCUT2D eigenvalue weighted by atomic mass is 32.1. The largest absolute Gasteiger partial charge is 0.493 e. The second kappa shape index (κ2) is 25.0. The van der Waals surface area contributed by atoms with E-state index in [4.69, 9.17) is 28.7 Å². The number of carbonyl (C=O) groups excluding carboxylic acids is 4. The zero-order valence-corrected chi connectivity index (χ0v) is 44.2. The van der Waals surface area contributed by atoms with E-state index < -0.39 is 29.5 Å². The van der Waals surface area contributed by atoms with Crippen molar-refractivity contribution >= 4 is 40.7 Å². The average molecular weight is 1040 g/mol. The van der Waals surface area contributed by atoms with Crippen LogP contribution < -0.4 is 25.4 Å². The van der Waals surface area contributed by atoms with Crippen molar-refractivity contribution in [3.8, 4) is 55.6 Å². The number of methoxy groups -OCH3 is 1. The lowest BCUT2D eigenvalue weighted by Crippen LogP contribution is -2.58. The Morgan fingerprint density at radius 3 is 2.19 bits per heavy atom. The molecule has 0 unspecified atom stereocenters. The van der Waals surface area contributed by atoms with Crippen molar-refractivity contribution in [2.45, 2.75) is 78.1 Å². The number of aromatic nitrogens is 2. The van der Waals surface area contributed by atoms with Gasteiger partial charge in [-0.25, -0.2) is 9.97 Å². The van der Waals surface area contributed by atoms with Gasteiger partial charge in [0.05, 0.1) is 98.5 Å². The Hall–Kier alpha value is -7.02. The summed E-state index contributed by atoms with van der Waals surface area (Å²) in [6.07, 6.45) is -0.621. The Labute approximate surface area is 442 Å². The summed E-state index contributed by atoms with van der Waals surface area (Å²) in [6, 6.07) is 31.2. The van der Waals surface area contributed by atoms with Gasteiger partial charge in [-0.2, -0.15) is 0 Å². The summed E-state index contributed by atoms with van der Waals surface area (Å²) >= 11 is 1.57. The van der Waals surface area contributed by atoms with E-state index in [1.165, 1.54) is 4.90 Å². The number of pyridine rings is 1. The number of thiazole rings is 1. The van der Waals surface area contributed by atoms with Gasteiger partial charge in [-0.1, -0.05) is 99.6 Å². The molecule has 4 atom stereocenters. The van der Waals surface area contributed by atoms with Gasteiger partial charge in [0.1, 0.15) is 18.7 Å². The third-order valence-corrected chi connectivity index (χ3v) is 14.2. The van der Waals surface area contributed by atoms with Crippen LogP contribution in [-0.4, -0.2) is 122 Å². The van der Waals surface area contributed by atoms with Gasteiger partial charge < -0.3 is 49.6 Å². The van der Waals surface area contributed by atoms with Gasteiger partial charge in [0.2, 0.25) is 23.6 Å². The average Bonchev–Trinajstić information content (AvgIpc) is 3.99. The molecule has 4 N–H and O–H groups in total. The quantitative estimate of drug-likeness (QED) is 0.0476. The number of likely N-dealkylation sites (tertiary alicyclic amines) is 1. The number of nitrogens with zero attached hydrogens (tertiary/aromatic N) is 3. The summed E-state index contributed by atoms with van der Waals surface area (Å²) in [5, 5.41) is 19.6. The van der Waals surface area contributed by atoms with Crippen molar-refractivity contribution in [3.63, 3.8) is 0 Å². The molecule has 1 saturated heterocycles. The lowest BCUT2D eigenvalue weighted by molar-refractivity contribution is -0.144. The van der Waals surface area contributed by atoms with Crippen LogP contribution in [0, 0.1) is 12.3 Å². The van der Waals surface area contributed by atoms with Crippen molar-refractivity contribution in [3.05, 3.63) is 125 Å². The first-order valence-electron chi connectivity index (χ1n) is 25.3. The number of para-hydroxylation sites is 1. The van der Waals surface area contributed by atoms with Crippen LogP contribution in [-0.2, 0) is 39.8 Å². The summed E-state index contributed by atoms with van der Waals surface area (Å²) in [6.45, 7) is 11.2. The maximum Gasteiger partial charge on any atom is 0.246 e. The molecule has 17 heteroatoms. The highest BCUT2D eigenvalue weighted by Crippen LogP contribution is 2.42. The summed E-state index contributed by atoms with van der Waals surface area (Å²) in [5.41, 5.74) is 10.7. The van der Waals surface area contributed by atoms with E-state index in [1.54, 1.807) is 18.4 Å². The van der Waals surface area contributed by atoms with Crippen molar-refractivity contribution < 1.29 is 48.0 Å². The number of aliphatic hydroxyl groups excluding tert-OH is 1. The maximum absolute atomic E-state index is 14.1. The number of ether oxygens (including phenoxy) is 5. The number of aliphatic hydroxyl groups is 1. The molecule has 1 fully saturated rings. The predicted molar refractivity (Wildman–Crippen MR) is 288 cm³/mol. The first-order valence-corrected chi connectivity index (χ1v) is 26.2. The molecule has 8 rings (SSSR count). The third kappa shape index (κ3) is 13.6. The molecule has 6 aromatic rings. The zero-order valence-electron chi connectivity index (χ0n) is 43.4. The molecule has 75 heavy (non-hydrogen) atoms. The monoisotopic (exact) mass is 1040 g/mol. The van der Waals surface area contributed by atoms with E-state index >= 15 is 0 Å². The predicted octanol–water partition coefficient (Wildman–Crippen LogP) is 8.21. The molecule has 0 saturated carbocycles. The number of carbonyl (C=O) groups is 4. The molecule has 394 valence electrons. The number of hydrogen-bond acceptors (Lipinski definition) is 13. The number of nitrogens with one attached hydrogen (secondary N) is 3. The van der Waals surface area contributed by atoms with Gasteiger partial charge >= 0.3 is 0 Å². The minimum absolute atomic E-state index is 0.0104. The molecule has 0 radical (unpaired) electrons. The second-order valence-electron chi connectivity index (χ2n) is 19.7. The highest BCUT2D eigenvalue weighted by Gasteiger charge is 2.44. The van der Waals surface area contributed by atoms with Gasteiger partial charge in [0, 0.05) is 30.5 Å². The molecule has 2 aliphatic heterocycles. The molecule has 2 aliphatic rings. The fourth-order valence-corrected chi connectivity index (χ4v) is 10.1. The lowest BCUT2D eigenvalue weighted by Gasteiger charge is -2.35. The Kier molecular flexibility index (Phi) is 18.1. The first kappa shape index (κ1) is 54.2. The lowest BCUT2D eigenvalue weighted by atomic mass is 9.85. The van der Waals surface area contributed by atoms with Crippen LogP contribution in [0.15, 0.2) is 109 Å². The Morgan fingerprint density at radius 2 is 1.49 bits per heavy atom. The van der Waals surface area contributed by atoms with Crippen LogP contribution in [0.25, 0.3) is 44.1 Å². The van der Waals surface area contributed by atoms with Gasteiger partial charge in [-0.15, -0.1) is 11.3 Å². The molecule has 4 amide bonds. The number of rotatable bonds is 22. The Balaban J connectivity index is 0.744. The number of hydrogen-bond donors (Lipinski definition) is 4. The summed E-state index contributed by atoms with van der Waals surface area (Å²) < 4.78 is 28.9. The topological polar surface area (TPSA) is 200 Å². The van der Waals surface area contributed by atoms with Crippen LogP contribution in [0.4, 0.5) is 5.69 Å². The SMILES string of the molecule is COc1cc(-c2cc(-c3ccccc3)nc3c2CC(=O)Nc2ccccc2-3)ccc1OCCOCCOCCOCCC(=O)N[C@H](C(=O)N1C[C@H](O)C[C@H]1C(=O)N[C@@H](C)c1ccc(-c2scnc2C)cc1)C(C)(C)C. The van der Waals surface area contributed by atoms with Crippen molar-refractivity contribution in [1.29, 1.82) is 0 Å². The number of amides is 4. The van der Waals surface area contributed by atoms with Gasteiger partial charge in [-0.05, 0) is 71.3 Å². The number of β-amino-alcohol motifs (C(OH)–C–C–N with tert-alkyl or cyclic N) is 1. The van der Waals surface area contributed by atoms with Crippen LogP contribution >= 0.6 is 11.3 Å². The van der Waals surface area contributed by atoms with E-state index in [0.29, 0.717) is 31.3 Å². The molecule has 2 aromatic heterocycles. The molecular weight excluding hydrogens is 973 g/mol. The van der Waals surface area contributed by atoms with E-state index in [1.807, 2.05) is 143 Å². The van der Waals surface area contributed by atoms with Crippen molar-refractivity contribution in [2.75, 3.05) is 65.2 Å². The van der Waals surface area contributed by atoms with E-state index in [9.17, 15) is 24.3 Å². The van der Waals surface area contributed by atoms with E-state index in [-0.39, 0.29) is 76.0 Å². The van der Waals surface area contributed by atoms with E-state index in [2.05, 4.69) is 20.9 Å².